The molecule has 32 heavy (non-hydrogen) atoms. The van der Waals surface area contributed by atoms with Crippen molar-refractivity contribution in [2.75, 3.05) is 4.90 Å². The predicted molar refractivity (Wildman–Crippen MR) is 111 cm³/mol. The third kappa shape index (κ3) is 4.14. The van der Waals surface area contributed by atoms with Gasteiger partial charge in [-0.3, -0.25) is 19.7 Å². The van der Waals surface area contributed by atoms with Crippen molar-refractivity contribution in [1.82, 2.24) is 0 Å². The Morgan fingerprint density at radius 3 is 2.41 bits per heavy atom. The summed E-state index contributed by atoms with van der Waals surface area (Å²) in [7, 11) is 0. The summed E-state index contributed by atoms with van der Waals surface area (Å²) in [6.07, 6.45) is -3.30. The first-order chi connectivity index (χ1) is 15.1. The number of nitrogens with zero attached hydrogens (tertiary/aromatic N) is 2. The number of anilines is 1. The highest BCUT2D eigenvalue weighted by Gasteiger charge is 2.38. The van der Waals surface area contributed by atoms with Gasteiger partial charge in [-0.15, -0.1) is 0 Å². The quantitative estimate of drug-likeness (QED) is 0.265. The number of imide groups is 1. The molecular weight excluding hydrogens is 449 g/mol. The van der Waals surface area contributed by atoms with E-state index in [1.807, 2.05) is 0 Å². The molecule has 2 heterocycles. The van der Waals surface area contributed by atoms with Gasteiger partial charge < -0.3 is 4.42 Å². The molecule has 1 aliphatic rings. The van der Waals surface area contributed by atoms with E-state index in [9.17, 15) is 32.9 Å². The number of benzene rings is 2. The molecule has 1 fully saturated rings. The first kappa shape index (κ1) is 21.4. The average molecular weight is 460 g/mol. The smallest absolute Gasteiger partial charge is 0.416 e. The summed E-state index contributed by atoms with van der Waals surface area (Å²) in [5.41, 5.74) is -0.676. The van der Waals surface area contributed by atoms with Crippen LogP contribution >= 0.6 is 11.8 Å². The zero-order chi connectivity index (χ0) is 23.0. The van der Waals surface area contributed by atoms with Gasteiger partial charge in [-0.1, -0.05) is 6.07 Å². The summed E-state index contributed by atoms with van der Waals surface area (Å²) in [5, 5.41) is 10.0. The molecule has 0 atom stereocenters. The minimum Gasteiger partial charge on any atom is -0.457 e. The number of thioether (sulfide) groups is 1. The van der Waals surface area contributed by atoms with Gasteiger partial charge in [0.1, 0.15) is 11.5 Å². The van der Waals surface area contributed by atoms with E-state index >= 15 is 0 Å². The summed E-state index contributed by atoms with van der Waals surface area (Å²) < 4.78 is 44.5. The zero-order valence-corrected chi connectivity index (χ0v) is 16.6. The molecule has 0 bridgehead atoms. The Kier molecular flexibility index (Phi) is 5.35. The maximum absolute atomic E-state index is 13.0. The molecule has 0 saturated carbocycles. The monoisotopic (exact) mass is 460 g/mol. The van der Waals surface area contributed by atoms with Crippen molar-refractivity contribution in [3.05, 3.63) is 87.0 Å². The third-order valence-electron chi connectivity index (χ3n) is 4.49. The highest BCUT2D eigenvalue weighted by atomic mass is 32.2. The summed E-state index contributed by atoms with van der Waals surface area (Å²) in [6, 6.07) is 12.7. The van der Waals surface area contributed by atoms with E-state index in [4.69, 9.17) is 4.42 Å². The molecule has 1 aromatic heterocycles. The van der Waals surface area contributed by atoms with Crippen LogP contribution in [0.25, 0.3) is 17.4 Å². The Labute approximate surface area is 182 Å². The lowest BCUT2D eigenvalue weighted by molar-refractivity contribution is -0.384. The highest BCUT2D eigenvalue weighted by Crippen LogP contribution is 2.38. The summed E-state index contributed by atoms with van der Waals surface area (Å²) in [4.78, 5) is 35.9. The fourth-order valence-electron chi connectivity index (χ4n) is 2.97. The topological polar surface area (TPSA) is 93.7 Å². The van der Waals surface area contributed by atoms with Crippen molar-refractivity contribution in [2.45, 2.75) is 6.18 Å². The number of furan rings is 1. The first-order valence-electron chi connectivity index (χ1n) is 8.93. The molecule has 2 aromatic carbocycles. The molecule has 0 spiro atoms. The van der Waals surface area contributed by atoms with Crippen LogP contribution in [0.1, 0.15) is 11.3 Å². The lowest BCUT2D eigenvalue weighted by Gasteiger charge is -2.14. The van der Waals surface area contributed by atoms with E-state index in [1.54, 1.807) is 6.07 Å². The van der Waals surface area contributed by atoms with Crippen molar-refractivity contribution in [2.24, 2.45) is 0 Å². The van der Waals surface area contributed by atoms with Gasteiger partial charge in [-0.25, -0.2) is 4.90 Å². The van der Waals surface area contributed by atoms with Gasteiger partial charge in [0.05, 0.1) is 21.1 Å². The molecule has 4 rings (SSSR count). The lowest BCUT2D eigenvalue weighted by atomic mass is 10.1. The highest BCUT2D eigenvalue weighted by molar-refractivity contribution is 8.19. The molecule has 1 aliphatic heterocycles. The van der Waals surface area contributed by atoms with Crippen molar-refractivity contribution in [1.29, 1.82) is 0 Å². The lowest BCUT2D eigenvalue weighted by Crippen LogP contribution is -2.27. The molecule has 0 aliphatic carbocycles. The molecule has 3 aromatic rings. The summed E-state index contributed by atoms with van der Waals surface area (Å²) in [5.74, 6) is -0.163. The molecule has 0 unspecified atom stereocenters. The van der Waals surface area contributed by atoms with Crippen LogP contribution in [0.3, 0.4) is 0 Å². The Hall–Kier alpha value is -3.86. The van der Waals surface area contributed by atoms with Crippen LogP contribution in [0.2, 0.25) is 0 Å². The average Bonchev–Trinajstić information content (AvgIpc) is 3.32. The van der Waals surface area contributed by atoms with Crippen molar-refractivity contribution in [3.8, 4) is 11.3 Å². The van der Waals surface area contributed by atoms with Crippen LogP contribution in [0.4, 0.5) is 29.3 Å². The van der Waals surface area contributed by atoms with Crippen LogP contribution in [0.5, 0.6) is 0 Å². The second-order valence-electron chi connectivity index (χ2n) is 6.57. The van der Waals surface area contributed by atoms with Gasteiger partial charge in [0.2, 0.25) is 0 Å². The van der Waals surface area contributed by atoms with Gasteiger partial charge in [-0.05, 0) is 54.2 Å². The minimum absolute atomic E-state index is 0.0167. The van der Waals surface area contributed by atoms with E-state index in [0.717, 1.165) is 18.2 Å². The number of carbonyl (C=O) groups excluding carboxylic acids is 2. The molecule has 0 N–H and O–H groups in total. The van der Waals surface area contributed by atoms with Crippen molar-refractivity contribution in [3.63, 3.8) is 0 Å². The Bertz CT molecular complexity index is 1260. The van der Waals surface area contributed by atoms with Gasteiger partial charge >= 0.3 is 6.18 Å². The predicted octanol–water partition coefficient (Wildman–Crippen LogP) is 6.11. The number of non-ortho nitro benzene ring substituents is 1. The molecule has 162 valence electrons. The zero-order valence-electron chi connectivity index (χ0n) is 15.8. The van der Waals surface area contributed by atoms with Crippen molar-refractivity contribution < 1.29 is 32.1 Å². The Morgan fingerprint density at radius 2 is 1.75 bits per heavy atom. The van der Waals surface area contributed by atoms with Crippen LogP contribution in [-0.2, 0) is 11.0 Å². The number of nitro benzene ring substituents is 1. The largest absolute Gasteiger partial charge is 0.457 e. The van der Waals surface area contributed by atoms with E-state index in [2.05, 4.69) is 0 Å². The standard InChI is InChI=1S/C21H11F3N2O5S/c22-21(23,24)13-2-1-3-15(10-13)25-19(27)18(32-20(25)28)11-16-8-9-17(31-16)12-4-6-14(7-5-12)26(29)30/h1-11H/b18-11+. The summed E-state index contributed by atoms with van der Waals surface area (Å²) in [6.45, 7) is 0. The van der Waals surface area contributed by atoms with E-state index in [-0.39, 0.29) is 22.0 Å². The Balaban J connectivity index is 1.58. The van der Waals surface area contributed by atoms with Crippen LogP contribution in [0.15, 0.2) is 70.0 Å². The number of hydrogen-bond donors (Lipinski definition) is 0. The van der Waals surface area contributed by atoms with Gasteiger partial charge in [-0.2, -0.15) is 13.2 Å². The number of rotatable bonds is 4. The van der Waals surface area contributed by atoms with Crippen LogP contribution < -0.4 is 4.90 Å². The molecule has 7 nitrogen and oxygen atoms in total. The summed E-state index contributed by atoms with van der Waals surface area (Å²) >= 11 is 0.577. The third-order valence-corrected chi connectivity index (χ3v) is 5.36. The molecule has 2 amide bonds. The van der Waals surface area contributed by atoms with Crippen molar-refractivity contribution >= 4 is 40.4 Å². The molecule has 0 radical (unpaired) electrons. The molecule has 11 heteroatoms. The number of halogens is 3. The fraction of sp³-hybridized carbons (Fsp3) is 0.0476. The number of nitro groups is 1. The minimum atomic E-state index is -4.62. The van der Waals surface area contributed by atoms with Crippen LogP contribution in [-0.4, -0.2) is 16.1 Å². The maximum atomic E-state index is 13.0. The van der Waals surface area contributed by atoms with Crippen LogP contribution in [0, 0.1) is 10.1 Å². The number of carbonyl (C=O) groups is 2. The maximum Gasteiger partial charge on any atom is 0.416 e. The van der Waals surface area contributed by atoms with Gasteiger partial charge in [0, 0.05) is 23.8 Å². The second kappa shape index (κ2) is 8.00. The van der Waals surface area contributed by atoms with E-state index < -0.39 is 27.8 Å². The van der Waals surface area contributed by atoms with Gasteiger partial charge in [0.25, 0.3) is 16.8 Å². The second-order valence-corrected chi connectivity index (χ2v) is 7.56. The SMILES string of the molecule is O=C1S/C(=C/c2ccc(-c3ccc([N+](=O)[O-])cc3)o2)C(=O)N1c1cccc(C(F)(F)F)c1. The van der Waals surface area contributed by atoms with E-state index in [1.165, 1.54) is 42.5 Å². The number of amides is 2. The number of alkyl halides is 3. The molecule has 1 saturated heterocycles. The fourth-order valence-corrected chi connectivity index (χ4v) is 3.80. The normalized spacial score (nSPS) is 15.6. The molecular formula is C21H11F3N2O5S. The number of hydrogen-bond acceptors (Lipinski definition) is 6. The van der Waals surface area contributed by atoms with E-state index in [0.29, 0.717) is 28.0 Å². The van der Waals surface area contributed by atoms with Gasteiger partial charge in [0.15, 0.2) is 0 Å². The Morgan fingerprint density at radius 1 is 1.03 bits per heavy atom. The first-order valence-corrected chi connectivity index (χ1v) is 9.75.